The second kappa shape index (κ2) is 5.33. The first-order valence-corrected chi connectivity index (χ1v) is 6.16. The summed E-state index contributed by atoms with van der Waals surface area (Å²) in [6.45, 7) is 0. The van der Waals surface area contributed by atoms with E-state index >= 15 is 0 Å². The molecule has 0 amide bonds. The fourth-order valence-corrected chi connectivity index (χ4v) is 2.03. The summed E-state index contributed by atoms with van der Waals surface area (Å²) in [4.78, 5) is 7.71. The number of pyridine rings is 2. The molecule has 0 aliphatic carbocycles. The number of aromatic nitrogens is 2. The van der Waals surface area contributed by atoms with Crippen LogP contribution in [-0.4, -0.2) is 9.97 Å². The number of nitrogens with zero attached hydrogens (tertiary/aromatic N) is 3. The molecule has 1 N–H and O–H groups in total. The molecule has 3 aromatic rings. The van der Waals surface area contributed by atoms with E-state index in [9.17, 15) is 13.2 Å². The van der Waals surface area contributed by atoms with Crippen LogP contribution >= 0.6 is 0 Å². The van der Waals surface area contributed by atoms with Crippen LogP contribution in [0.15, 0.2) is 36.7 Å². The predicted molar refractivity (Wildman–Crippen MR) is 73.9 cm³/mol. The molecule has 0 saturated heterocycles. The number of hydrogen-bond acceptors (Lipinski definition) is 4. The molecular formula is C15H7F3N4. The Hall–Kier alpha value is -3.14. The minimum Gasteiger partial charge on any atom is -0.339 e. The number of hydrogen-bond donors (Lipinski definition) is 1. The Kier molecular flexibility index (Phi) is 3.35. The van der Waals surface area contributed by atoms with Crippen molar-refractivity contribution in [1.29, 1.82) is 5.26 Å². The first kappa shape index (κ1) is 13.8. The second-order valence-electron chi connectivity index (χ2n) is 4.38. The number of benzene rings is 1. The Balaban J connectivity index is 2.29. The molecule has 0 bridgehead atoms. The van der Waals surface area contributed by atoms with Gasteiger partial charge in [-0.25, -0.2) is 18.2 Å². The van der Waals surface area contributed by atoms with E-state index in [-0.39, 0.29) is 22.2 Å². The van der Waals surface area contributed by atoms with Crippen LogP contribution in [0.2, 0.25) is 0 Å². The summed E-state index contributed by atoms with van der Waals surface area (Å²) in [7, 11) is 0. The highest BCUT2D eigenvalue weighted by Crippen LogP contribution is 2.31. The standard InChI is InChI=1S/C15H7F3N4/c16-10-5-9-14(22-11-3-1-2-4-20-11)8(6-19)7-21-15(9)13(18)12(10)17/h1-5,7H,(H,20,21,22). The van der Waals surface area contributed by atoms with E-state index in [0.29, 0.717) is 5.82 Å². The molecule has 108 valence electrons. The molecule has 0 unspecified atom stereocenters. The lowest BCUT2D eigenvalue weighted by Crippen LogP contribution is -2.01. The number of rotatable bonds is 2. The third-order valence-corrected chi connectivity index (χ3v) is 3.04. The smallest absolute Gasteiger partial charge is 0.196 e. The van der Waals surface area contributed by atoms with E-state index in [1.807, 2.05) is 6.07 Å². The van der Waals surface area contributed by atoms with Gasteiger partial charge in [0.15, 0.2) is 17.5 Å². The largest absolute Gasteiger partial charge is 0.339 e. The number of nitriles is 1. The van der Waals surface area contributed by atoms with Crippen molar-refractivity contribution in [2.75, 3.05) is 5.32 Å². The zero-order valence-electron chi connectivity index (χ0n) is 10.9. The van der Waals surface area contributed by atoms with Gasteiger partial charge in [-0.2, -0.15) is 5.26 Å². The van der Waals surface area contributed by atoms with Crippen LogP contribution in [0.1, 0.15) is 5.56 Å². The van der Waals surface area contributed by atoms with Crippen molar-refractivity contribution in [1.82, 2.24) is 9.97 Å². The van der Waals surface area contributed by atoms with Crippen LogP contribution in [0.25, 0.3) is 10.9 Å². The summed E-state index contributed by atoms with van der Waals surface area (Å²) < 4.78 is 40.6. The van der Waals surface area contributed by atoms with E-state index in [4.69, 9.17) is 5.26 Å². The van der Waals surface area contributed by atoms with Crippen molar-refractivity contribution in [2.45, 2.75) is 0 Å². The van der Waals surface area contributed by atoms with Crippen molar-refractivity contribution in [3.05, 3.63) is 59.7 Å². The summed E-state index contributed by atoms with van der Waals surface area (Å²) in [5, 5.41) is 11.9. The average molecular weight is 300 g/mol. The molecule has 4 nitrogen and oxygen atoms in total. The zero-order chi connectivity index (χ0) is 15.7. The molecule has 2 aromatic heterocycles. The first-order chi connectivity index (χ1) is 10.6. The van der Waals surface area contributed by atoms with Gasteiger partial charge in [-0.3, -0.25) is 4.98 Å². The summed E-state index contributed by atoms with van der Waals surface area (Å²) in [5.41, 5.74) is -0.191. The lowest BCUT2D eigenvalue weighted by molar-refractivity contribution is 0.452. The Morgan fingerprint density at radius 2 is 1.91 bits per heavy atom. The highest BCUT2D eigenvalue weighted by atomic mass is 19.2. The van der Waals surface area contributed by atoms with E-state index in [1.165, 1.54) is 6.20 Å². The Bertz CT molecular complexity index is 904. The molecule has 2 heterocycles. The monoisotopic (exact) mass is 300 g/mol. The van der Waals surface area contributed by atoms with Gasteiger partial charge in [0, 0.05) is 17.8 Å². The van der Waals surface area contributed by atoms with Crippen LogP contribution in [0.4, 0.5) is 24.7 Å². The van der Waals surface area contributed by atoms with Crippen molar-refractivity contribution in [2.24, 2.45) is 0 Å². The molecule has 0 aliphatic rings. The van der Waals surface area contributed by atoms with Gasteiger partial charge in [0.25, 0.3) is 0 Å². The summed E-state index contributed by atoms with van der Waals surface area (Å²) >= 11 is 0. The van der Waals surface area contributed by atoms with Gasteiger partial charge in [-0.05, 0) is 18.2 Å². The van der Waals surface area contributed by atoms with Crippen LogP contribution in [0.5, 0.6) is 0 Å². The van der Waals surface area contributed by atoms with Gasteiger partial charge in [-0.15, -0.1) is 0 Å². The molecule has 0 atom stereocenters. The molecule has 1 aromatic carbocycles. The van der Waals surface area contributed by atoms with Crippen LogP contribution in [0.3, 0.4) is 0 Å². The van der Waals surface area contributed by atoms with E-state index in [2.05, 4.69) is 15.3 Å². The number of halogens is 3. The normalized spacial score (nSPS) is 10.5. The quantitative estimate of drug-likeness (QED) is 0.734. The second-order valence-corrected chi connectivity index (χ2v) is 4.38. The molecule has 0 spiro atoms. The molecule has 0 fully saturated rings. The maximum absolute atomic E-state index is 13.8. The molecule has 0 radical (unpaired) electrons. The zero-order valence-corrected chi connectivity index (χ0v) is 10.9. The maximum atomic E-state index is 13.8. The average Bonchev–Trinajstić information content (AvgIpc) is 2.54. The maximum Gasteiger partial charge on any atom is 0.196 e. The molecule has 7 heteroatoms. The Morgan fingerprint density at radius 3 is 2.59 bits per heavy atom. The van der Waals surface area contributed by atoms with Crippen molar-refractivity contribution in [3.63, 3.8) is 0 Å². The van der Waals surface area contributed by atoms with Gasteiger partial charge in [0.1, 0.15) is 17.4 Å². The lowest BCUT2D eigenvalue weighted by atomic mass is 10.1. The molecule has 0 saturated carbocycles. The van der Waals surface area contributed by atoms with Crippen LogP contribution in [-0.2, 0) is 0 Å². The number of anilines is 2. The van der Waals surface area contributed by atoms with Gasteiger partial charge in [0.2, 0.25) is 0 Å². The lowest BCUT2D eigenvalue weighted by Gasteiger charge is -2.11. The van der Waals surface area contributed by atoms with Gasteiger partial charge >= 0.3 is 0 Å². The SMILES string of the molecule is N#Cc1cnc2c(F)c(F)c(F)cc2c1Nc1ccccn1. The van der Waals surface area contributed by atoms with Gasteiger partial charge in [-0.1, -0.05) is 6.07 Å². The fraction of sp³-hybridized carbons (Fsp3) is 0. The molecule has 22 heavy (non-hydrogen) atoms. The van der Waals surface area contributed by atoms with Crippen LogP contribution in [0, 0.1) is 28.8 Å². The van der Waals surface area contributed by atoms with Crippen LogP contribution < -0.4 is 5.32 Å². The topological polar surface area (TPSA) is 61.6 Å². The first-order valence-electron chi connectivity index (χ1n) is 6.16. The van der Waals surface area contributed by atoms with Crippen molar-refractivity contribution in [3.8, 4) is 6.07 Å². The molecular weight excluding hydrogens is 293 g/mol. The third-order valence-electron chi connectivity index (χ3n) is 3.04. The van der Waals surface area contributed by atoms with E-state index in [0.717, 1.165) is 12.3 Å². The minimum absolute atomic E-state index is 0.0406. The van der Waals surface area contributed by atoms with E-state index in [1.54, 1.807) is 18.2 Å². The van der Waals surface area contributed by atoms with Crippen molar-refractivity contribution < 1.29 is 13.2 Å². The summed E-state index contributed by atoms with van der Waals surface area (Å²) in [6.07, 6.45) is 2.60. The van der Waals surface area contributed by atoms with E-state index < -0.39 is 17.5 Å². The third kappa shape index (κ3) is 2.20. The van der Waals surface area contributed by atoms with Crippen molar-refractivity contribution >= 4 is 22.4 Å². The van der Waals surface area contributed by atoms with Gasteiger partial charge < -0.3 is 5.32 Å². The summed E-state index contributed by atoms with van der Waals surface area (Å²) in [5.74, 6) is -3.99. The Morgan fingerprint density at radius 1 is 1.09 bits per heavy atom. The predicted octanol–water partition coefficient (Wildman–Crippen LogP) is 3.66. The highest BCUT2D eigenvalue weighted by molar-refractivity contribution is 5.95. The fourth-order valence-electron chi connectivity index (χ4n) is 2.03. The van der Waals surface area contributed by atoms with Gasteiger partial charge in [0.05, 0.1) is 11.3 Å². The number of nitrogens with one attached hydrogen (secondary N) is 1. The Labute approximate surface area is 122 Å². The molecule has 3 rings (SSSR count). The number of fused-ring (bicyclic) bond motifs is 1. The highest BCUT2D eigenvalue weighted by Gasteiger charge is 2.19. The molecule has 0 aliphatic heterocycles. The minimum atomic E-state index is -1.60. The summed E-state index contributed by atoms with van der Waals surface area (Å²) in [6, 6.07) is 7.67.